The lowest BCUT2D eigenvalue weighted by atomic mass is 9.90. The van der Waals surface area contributed by atoms with Gasteiger partial charge in [-0.05, 0) is 31.6 Å². The van der Waals surface area contributed by atoms with Crippen molar-refractivity contribution in [3.8, 4) is 0 Å². The topological polar surface area (TPSA) is 52.6 Å². The zero-order valence-corrected chi connectivity index (χ0v) is 23.6. The van der Waals surface area contributed by atoms with Crippen molar-refractivity contribution in [2.75, 3.05) is 6.61 Å². The molecule has 1 atom stereocenters. The van der Waals surface area contributed by atoms with E-state index in [0.29, 0.717) is 32.3 Å². The van der Waals surface area contributed by atoms with Gasteiger partial charge in [-0.15, -0.1) is 0 Å². The van der Waals surface area contributed by atoms with Crippen molar-refractivity contribution in [2.45, 2.75) is 169 Å². The molecule has 1 unspecified atom stereocenters. The Kier molecular flexibility index (Phi) is 21.7. The minimum Gasteiger partial charge on any atom is -0.466 e. The molecule has 0 aromatic carbocycles. The molecule has 0 spiro atoms. The van der Waals surface area contributed by atoms with E-state index in [4.69, 9.17) is 9.47 Å². The van der Waals surface area contributed by atoms with Crippen LogP contribution in [0.2, 0.25) is 0 Å². The molecule has 0 N–H and O–H groups in total. The zero-order chi connectivity index (χ0) is 25.5. The first-order valence-corrected chi connectivity index (χ1v) is 14.6. The number of unbranched alkanes of at least 4 members (excludes halogenated alkanes) is 16. The van der Waals surface area contributed by atoms with Crippen LogP contribution in [0.5, 0.6) is 0 Å². The Bertz CT molecular complexity index is 481. The quantitative estimate of drug-likeness (QED) is 0.107. The van der Waals surface area contributed by atoms with E-state index < -0.39 is 0 Å². The van der Waals surface area contributed by atoms with Crippen molar-refractivity contribution in [3.05, 3.63) is 0 Å². The van der Waals surface area contributed by atoms with Gasteiger partial charge in [0.2, 0.25) is 0 Å². The van der Waals surface area contributed by atoms with Gasteiger partial charge in [-0.3, -0.25) is 9.59 Å². The molecule has 0 aromatic heterocycles. The minimum absolute atomic E-state index is 0.0495. The van der Waals surface area contributed by atoms with E-state index in [9.17, 15) is 9.59 Å². The maximum atomic E-state index is 11.9. The molecule has 0 aliphatic carbocycles. The third-order valence-electron chi connectivity index (χ3n) is 6.80. The van der Waals surface area contributed by atoms with Gasteiger partial charge in [0, 0.05) is 12.8 Å². The molecule has 0 rings (SSSR count). The Morgan fingerprint density at radius 1 is 0.588 bits per heavy atom. The molecule has 4 nitrogen and oxygen atoms in total. The normalized spacial score (nSPS) is 12.5. The Labute approximate surface area is 212 Å². The van der Waals surface area contributed by atoms with Crippen LogP contribution in [0.4, 0.5) is 0 Å². The highest BCUT2D eigenvalue weighted by molar-refractivity contribution is 5.70. The molecule has 0 fully saturated rings. The number of hydrogen-bond acceptors (Lipinski definition) is 4. The van der Waals surface area contributed by atoms with Gasteiger partial charge < -0.3 is 9.47 Å². The fraction of sp³-hybridized carbons (Fsp3) is 0.933. The fourth-order valence-corrected chi connectivity index (χ4v) is 3.88. The first-order valence-electron chi connectivity index (χ1n) is 14.6. The second-order valence-electron chi connectivity index (χ2n) is 11.2. The molecular weight excluding hydrogens is 424 g/mol. The van der Waals surface area contributed by atoms with Gasteiger partial charge >= 0.3 is 11.9 Å². The zero-order valence-electron chi connectivity index (χ0n) is 23.6. The van der Waals surface area contributed by atoms with Crippen LogP contribution in [-0.2, 0) is 19.1 Å². The lowest BCUT2D eigenvalue weighted by molar-refractivity contribution is -0.153. The van der Waals surface area contributed by atoms with Crippen molar-refractivity contribution in [1.29, 1.82) is 0 Å². The van der Waals surface area contributed by atoms with Crippen LogP contribution in [0.3, 0.4) is 0 Å². The standard InChI is InChI=1S/C30H58O4/c1-6-7-8-9-10-11-12-13-14-15-16-17-18-19-20-23-26-33-28(31)24-21-22-25-29(32)34-27(2)30(3,4)5/h27H,6-26H2,1-5H3. The van der Waals surface area contributed by atoms with E-state index in [-0.39, 0.29) is 23.5 Å². The summed E-state index contributed by atoms with van der Waals surface area (Å²) in [7, 11) is 0. The molecule has 0 saturated heterocycles. The van der Waals surface area contributed by atoms with Crippen LogP contribution >= 0.6 is 0 Å². The Morgan fingerprint density at radius 3 is 1.38 bits per heavy atom. The Morgan fingerprint density at radius 2 is 0.971 bits per heavy atom. The summed E-state index contributed by atoms with van der Waals surface area (Å²) >= 11 is 0. The smallest absolute Gasteiger partial charge is 0.306 e. The molecule has 4 heteroatoms. The highest BCUT2D eigenvalue weighted by Crippen LogP contribution is 2.22. The number of ether oxygens (including phenoxy) is 2. The monoisotopic (exact) mass is 482 g/mol. The first kappa shape index (κ1) is 32.9. The van der Waals surface area contributed by atoms with Gasteiger partial charge in [-0.25, -0.2) is 0 Å². The second kappa shape index (κ2) is 22.4. The van der Waals surface area contributed by atoms with E-state index in [1.165, 1.54) is 89.9 Å². The predicted molar refractivity (Wildman–Crippen MR) is 144 cm³/mol. The van der Waals surface area contributed by atoms with Crippen LogP contribution in [-0.4, -0.2) is 24.6 Å². The molecule has 0 aliphatic rings. The highest BCUT2D eigenvalue weighted by Gasteiger charge is 2.23. The number of carbonyl (C=O) groups excluding carboxylic acids is 2. The van der Waals surface area contributed by atoms with Gasteiger partial charge in [0.05, 0.1) is 6.61 Å². The van der Waals surface area contributed by atoms with Crippen molar-refractivity contribution in [3.63, 3.8) is 0 Å². The van der Waals surface area contributed by atoms with Crippen LogP contribution < -0.4 is 0 Å². The molecule has 0 aromatic rings. The van der Waals surface area contributed by atoms with Gasteiger partial charge in [0.25, 0.3) is 0 Å². The average molecular weight is 483 g/mol. The molecule has 0 heterocycles. The first-order chi connectivity index (χ1) is 16.3. The Balaban J connectivity index is 3.33. The summed E-state index contributed by atoms with van der Waals surface area (Å²) in [6.45, 7) is 10.9. The summed E-state index contributed by atoms with van der Waals surface area (Å²) in [6.07, 6.45) is 23.5. The largest absolute Gasteiger partial charge is 0.466 e. The lowest BCUT2D eigenvalue weighted by Crippen LogP contribution is -2.28. The number of rotatable bonds is 23. The molecule has 0 bridgehead atoms. The van der Waals surface area contributed by atoms with Gasteiger partial charge in [-0.2, -0.15) is 0 Å². The summed E-state index contributed by atoms with van der Waals surface area (Å²) in [5, 5.41) is 0. The van der Waals surface area contributed by atoms with Crippen molar-refractivity contribution in [1.82, 2.24) is 0 Å². The van der Waals surface area contributed by atoms with Gasteiger partial charge in [0.1, 0.15) is 6.10 Å². The molecule has 0 aliphatic heterocycles. The molecule has 0 amide bonds. The Hall–Kier alpha value is -1.06. The van der Waals surface area contributed by atoms with Crippen molar-refractivity contribution >= 4 is 11.9 Å². The molecule has 0 saturated carbocycles. The summed E-state index contributed by atoms with van der Waals surface area (Å²) in [5.41, 5.74) is -0.0495. The van der Waals surface area contributed by atoms with E-state index in [1.807, 2.05) is 6.92 Å². The summed E-state index contributed by atoms with van der Waals surface area (Å²) < 4.78 is 10.8. The number of carbonyl (C=O) groups is 2. The second-order valence-corrected chi connectivity index (χ2v) is 11.2. The third-order valence-corrected chi connectivity index (χ3v) is 6.80. The van der Waals surface area contributed by atoms with Gasteiger partial charge in [0.15, 0.2) is 0 Å². The molecule has 0 radical (unpaired) electrons. The molecule has 202 valence electrons. The summed E-state index contributed by atoms with van der Waals surface area (Å²) in [6, 6.07) is 0. The van der Waals surface area contributed by atoms with Crippen LogP contribution in [0.25, 0.3) is 0 Å². The van der Waals surface area contributed by atoms with E-state index in [0.717, 1.165) is 12.8 Å². The van der Waals surface area contributed by atoms with Crippen LogP contribution in [0.15, 0.2) is 0 Å². The minimum atomic E-state index is -0.177. The third kappa shape index (κ3) is 22.7. The fourth-order valence-electron chi connectivity index (χ4n) is 3.88. The molecule has 34 heavy (non-hydrogen) atoms. The van der Waals surface area contributed by atoms with Crippen molar-refractivity contribution in [2.24, 2.45) is 5.41 Å². The molecular formula is C30H58O4. The number of hydrogen-bond donors (Lipinski definition) is 0. The lowest BCUT2D eigenvalue weighted by Gasteiger charge is -2.26. The summed E-state index contributed by atoms with van der Waals surface area (Å²) in [4.78, 5) is 23.7. The average Bonchev–Trinajstić information content (AvgIpc) is 2.78. The summed E-state index contributed by atoms with van der Waals surface area (Å²) in [5.74, 6) is -0.318. The van der Waals surface area contributed by atoms with E-state index in [1.54, 1.807) is 0 Å². The van der Waals surface area contributed by atoms with Gasteiger partial charge in [-0.1, -0.05) is 124 Å². The van der Waals surface area contributed by atoms with Crippen LogP contribution in [0.1, 0.15) is 163 Å². The van der Waals surface area contributed by atoms with Crippen molar-refractivity contribution < 1.29 is 19.1 Å². The maximum Gasteiger partial charge on any atom is 0.306 e. The van der Waals surface area contributed by atoms with Crippen LogP contribution in [0, 0.1) is 5.41 Å². The SMILES string of the molecule is CCCCCCCCCCCCCCCCCCOC(=O)CCCCC(=O)OC(C)C(C)(C)C. The highest BCUT2D eigenvalue weighted by atomic mass is 16.5. The van der Waals surface area contributed by atoms with E-state index >= 15 is 0 Å². The maximum absolute atomic E-state index is 11.9. The van der Waals surface area contributed by atoms with E-state index in [2.05, 4.69) is 27.7 Å². The predicted octanol–water partition coefficient (Wildman–Crippen LogP) is 9.33. The number of esters is 2.